The molecule has 0 radical (unpaired) electrons. The van der Waals surface area contributed by atoms with Gasteiger partial charge in [0.2, 0.25) is 0 Å². The van der Waals surface area contributed by atoms with Crippen molar-refractivity contribution in [2.24, 2.45) is 0 Å². The van der Waals surface area contributed by atoms with Gasteiger partial charge in [0.05, 0.1) is 5.56 Å². The third kappa shape index (κ3) is 4.53. The average molecular weight is 393 g/mol. The Morgan fingerprint density at radius 1 is 1.00 bits per heavy atom. The monoisotopic (exact) mass is 393 g/mol. The Hall–Kier alpha value is -2.28. The van der Waals surface area contributed by atoms with Crippen molar-refractivity contribution in [1.82, 2.24) is 4.90 Å². The highest BCUT2D eigenvalue weighted by atomic mass is 32.1. The van der Waals surface area contributed by atoms with Crippen molar-refractivity contribution in [3.63, 3.8) is 0 Å². The Morgan fingerprint density at radius 3 is 2.33 bits per heavy atom. The lowest BCUT2D eigenvalue weighted by Gasteiger charge is -2.37. The van der Waals surface area contributed by atoms with E-state index in [4.69, 9.17) is 12.2 Å². The molecule has 144 valence electrons. The second-order valence-electron chi connectivity index (χ2n) is 6.70. The number of anilines is 2. The highest BCUT2D eigenvalue weighted by Crippen LogP contribution is 2.32. The molecule has 27 heavy (non-hydrogen) atoms. The maximum atomic E-state index is 12.9. The number of halogens is 3. The number of benzene rings is 2. The minimum absolute atomic E-state index is 0.595. The van der Waals surface area contributed by atoms with Crippen molar-refractivity contribution in [2.75, 3.05) is 36.4 Å². The summed E-state index contributed by atoms with van der Waals surface area (Å²) >= 11 is 5.53. The van der Waals surface area contributed by atoms with Crippen molar-refractivity contribution in [3.05, 3.63) is 59.2 Å². The Balaban J connectivity index is 1.62. The van der Waals surface area contributed by atoms with E-state index < -0.39 is 11.7 Å². The van der Waals surface area contributed by atoms with E-state index in [0.717, 1.165) is 17.3 Å². The summed E-state index contributed by atoms with van der Waals surface area (Å²) in [6.45, 7) is 6.66. The van der Waals surface area contributed by atoms with Crippen LogP contribution in [0.2, 0.25) is 0 Å². The Kier molecular flexibility index (Phi) is 5.60. The minimum Gasteiger partial charge on any atom is -0.368 e. The molecule has 0 unspecified atom stereocenters. The zero-order valence-corrected chi connectivity index (χ0v) is 16.1. The Labute approximate surface area is 162 Å². The lowest BCUT2D eigenvalue weighted by atomic mass is 10.1. The minimum atomic E-state index is -4.32. The first-order chi connectivity index (χ1) is 12.8. The predicted octanol–water partition coefficient (Wildman–Crippen LogP) is 4.84. The molecule has 0 amide bonds. The molecule has 2 aromatic carbocycles. The Bertz CT molecular complexity index is 827. The number of hydrogen-bond donors (Lipinski definition) is 1. The van der Waals surface area contributed by atoms with Crippen molar-refractivity contribution in [2.45, 2.75) is 20.0 Å². The van der Waals surface area contributed by atoms with Gasteiger partial charge in [0.25, 0.3) is 0 Å². The van der Waals surface area contributed by atoms with Gasteiger partial charge in [0.1, 0.15) is 0 Å². The van der Waals surface area contributed by atoms with Crippen LogP contribution in [0.15, 0.2) is 42.5 Å². The van der Waals surface area contributed by atoms with Crippen LogP contribution < -0.4 is 10.2 Å². The molecular formula is C20H22F3N3S. The van der Waals surface area contributed by atoms with E-state index in [1.54, 1.807) is 6.07 Å². The number of nitrogens with one attached hydrogen (secondary N) is 1. The maximum Gasteiger partial charge on any atom is 0.416 e. The summed E-state index contributed by atoms with van der Waals surface area (Å²) in [5.41, 5.74) is 3.31. The van der Waals surface area contributed by atoms with Gasteiger partial charge in [-0.3, -0.25) is 0 Å². The highest BCUT2D eigenvalue weighted by molar-refractivity contribution is 7.80. The molecule has 1 N–H and O–H groups in total. The quantitative estimate of drug-likeness (QED) is 0.736. The molecule has 0 aromatic heterocycles. The van der Waals surface area contributed by atoms with E-state index >= 15 is 0 Å². The molecule has 1 aliphatic rings. The number of rotatable bonds is 2. The molecule has 2 aromatic rings. The third-order valence-corrected chi connectivity index (χ3v) is 5.31. The summed E-state index contributed by atoms with van der Waals surface area (Å²) in [5.74, 6) is 0. The van der Waals surface area contributed by atoms with E-state index in [2.05, 4.69) is 23.2 Å². The van der Waals surface area contributed by atoms with Gasteiger partial charge < -0.3 is 15.1 Å². The van der Waals surface area contributed by atoms with Crippen LogP contribution in [0.5, 0.6) is 0 Å². The van der Waals surface area contributed by atoms with Crippen LogP contribution in [0.25, 0.3) is 0 Å². The molecular weight excluding hydrogens is 371 g/mol. The van der Waals surface area contributed by atoms with Crippen LogP contribution >= 0.6 is 12.2 Å². The lowest BCUT2D eigenvalue weighted by molar-refractivity contribution is -0.137. The van der Waals surface area contributed by atoms with Gasteiger partial charge in [0, 0.05) is 37.6 Å². The summed E-state index contributed by atoms with van der Waals surface area (Å²) in [6, 6.07) is 11.5. The smallest absolute Gasteiger partial charge is 0.368 e. The van der Waals surface area contributed by atoms with Gasteiger partial charge in [-0.15, -0.1) is 0 Å². The van der Waals surface area contributed by atoms with Crippen LogP contribution in [-0.4, -0.2) is 36.2 Å². The first-order valence-electron chi connectivity index (χ1n) is 8.80. The van der Waals surface area contributed by atoms with Crippen molar-refractivity contribution in [3.8, 4) is 0 Å². The third-order valence-electron chi connectivity index (χ3n) is 4.95. The molecule has 1 heterocycles. The summed E-state index contributed by atoms with van der Waals surface area (Å²) in [6.07, 6.45) is -4.32. The number of nitrogens with zero attached hydrogens (tertiary/aromatic N) is 2. The molecule has 3 nitrogen and oxygen atoms in total. The summed E-state index contributed by atoms with van der Waals surface area (Å²) in [5, 5.41) is 3.94. The number of aryl methyl sites for hydroxylation is 1. The molecule has 1 fully saturated rings. The van der Waals surface area contributed by atoms with Crippen molar-refractivity contribution in [1.29, 1.82) is 0 Å². The van der Waals surface area contributed by atoms with Crippen LogP contribution in [0.4, 0.5) is 24.5 Å². The fourth-order valence-corrected chi connectivity index (χ4v) is 3.42. The summed E-state index contributed by atoms with van der Waals surface area (Å²) in [4.78, 5) is 4.02. The fraction of sp³-hybridized carbons (Fsp3) is 0.350. The number of alkyl halides is 3. The second-order valence-corrected chi connectivity index (χ2v) is 7.09. The van der Waals surface area contributed by atoms with Crippen LogP contribution in [0, 0.1) is 13.8 Å². The number of hydrogen-bond acceptors (Lipinski definition) is 2. The molecule has 0 aliphatic carbocycles. The molecule has 0 saturated carbocycles. The molecule has 7 heteroatoms. The molecule has 1 saturated heterocycles. The van der Waals surface area contributed by atoms with E-state index in [9.17, 15) is 13.2 Å². The molecule has 0 bridgehead atoms. The van der Waals surface area contributed by atoms with Gasteiger partial charge in [-0.2, -0.15) is 13.2 Å². The van der Waals surface area contributed by atoms with Crippen LogP contribution in [0.1, 0.15) is 16.7 Å². The molecule has 1 aliphatic heterocycles. The Morgan fingerprint density at radius 2 is 1.67 bits per heavy atom. The largest absolute Gasteiger partial charge is 0.416 e. The molecule has 0 spiro atoms. The summed E-state index contributed by atoms with van der Waals surface area (Å²) in [7, 11) is 0. The van der Waals surface area contributed by atoms with E-state index in [0.29, 0.717) is 37.0 Å². The first kappa shape index (κ1) is 19.5. The van der Waals surface area contributed by atoms with Gasteiger partial charge in [-0.25, -0.2) is 0 Å². The topological polar surface area (TPSA) is 18.5 Å². The normalized spacial score (nSPS) is 15.0. The zero-order valence-electron chi connectivity index (χ0n) is 15.3. The van der Waals surface area contributed by atoms with E-state index in [1.807, 2.05) is 24.0 Å². The van der Waals surface area contributed by atoms with Crippen molar-refractivity contribution < 1.29 is 13.2 Å². The fourth-order valence-electron chi connectivity index (χ4n) is 3.13. The first-order valence-corrected chi connectivity index (χ1v) is 9.21. The van der Waals surface area contributed by atoms with Gasteiger partial charge in [-0.05, 0) is 61.5 Å². The summed E-state index contributed by atoms with van der Waals surface area (Å²) < 4.78 is 38.8. The highest BCUT2D eigenvalue weighted by Gasteiger charge is 2.31. The zero-order chi connectivity index (χ0) is 19.6. The van der Waals surface area contributed by atoms with E-state index in [1.165, 1.54) is 17.7 Å². The van der Waals surface area contributed by atoms with Crippen LogP contribution in [-0.2, 0) is 6.18 Å². The van der Waals surface area contributed by atoms with E-state index in [-0.39, 0.29) is 0 Å². The van der Waals surface area contributed by atoms with Crippen LogP contribution in [0.3, 0.4) is 0 Å². The molecule has 0 atom stereocenters. The lowest BCUT2D eigenvalue weighted by Crippen LogP contribution is -2.50. The number of thiocarbonyl (C=S) groups is 1. The predicted molar refractivity (Wildman–Crippen MR) is 107 cm³/mol. The number of piperazine rings is 1. The SMILES string of the molecule is Cc1cccc(NC(=S)N2CCN(c3cccc(C(F)(F)F)c3)CC2)c1C. The molecule has 3 rings (SSSR count). The maximum absolute atomic E-state index is 12.9. The average Bonchev–Trinajstić information content (AvgIpc) is 2.65. The van der Waals surface area contributed by atoms with Gasteiger partial charge in [0.15, 0.2) is 5.11 Å². The second kappa shape index (κ2) is 7.76. The van der Waals surface area contributed by atoms with Crippen molar-refractivity contribution >= 4 is 28.7 Å². The standard InChI is InChI=1S/C20H22F3N3S/c1-14-5-3-8-18(15(14)2)24-19(27)26-11-9-25(10-12-26)17-7-4-6-16(13-17)20(21,22)23/h3-8,13H,9-12H2,1-2H3,(H,24,27). The van der Waals surface area contributed by atoms with Gasteiger partial charge >= 0.3 is 6.18 Å². The van der Waals surface area contributed by atoms with Gasteiger partial charge in [-0.1, -0.05) is 18.2 Å².